The summed E-state index contributed by atoms with van der Waals surface area (Å²) < 4.78 is 22.9. The Morgan fingerprint density at radius 3 is 2.52 bits per heavy atom. The first-order chi connectivity index (χ1) is 11.0. The largest absolute Gasteiger partial charge is 0.355 e. The monoisotopic (exact) mass is 338 g/mol. The van der Waals surface area contributed by atoms with Crippen LogP contribution in [0.2, 0.25) is 0 Å². The van der Waals surface area contributed by atoms with Crippen LogP contribution in [0.4, 0.5) is 0 Å². The van der Waals surface area contributed by atoms with Gasteiger partial charge in [-0.25, -0.2) is 8.42 Å². The second-order valence-corrected chi connectivity index (χ2v) is 7.59. The lowest BCUT2D eigenvalue weighted by Gasteiger charge is -2.16. The Kier molecular flexibility index (Phi) is 5.97. The maximum Gasteiger partial charge on any atom is 0.251 e. The van der Waals surface area contributed by atoms with E-state index in [0.717, 1.165) is 0 Å². The minimum absolute atomic E-state index is 0.106. The molecule has 1 aromatic carbocycles. The second kappa shape index (κ2) is 7.96. The number of carbonyl (C=O) groups excluding carboxylic acids is 1. The summed E-state index contributed by atoms with van der Waals surface area (Å²) in [6.45, 7) is 0.940. The van der Waals surface area contributed by atoms with E-state index >= 15 is 0 Å². The summed E-state index contributed by atoms with van der Waals surface area (Å²) >= 11 is 0. The molecule has 0 bridgehead atoms. The lowest BCUT2D eigenvalue weighted by Crippen LogP contribution is -2.46. The van der Waals surface area contributed by atoms with E-state index in [9.17, 15) is 13.2 Å². The summed E-state index contributed by atoms with van der Waals surface area (Å²) in [4.78, 5) is 15.9. The van der Waals surface area contributed by atoms with Crippen LogP contribution in [0.5, 0.6) is 0 Å². The first kappa shape index (κ1) is 17.3. The molecule has 1 aromatic rings. The number of rotatable bonds is 5. The molecule has 1 saturated heterocycles. The minimum atomic E-state index is -2.92. The molecule has 23 heavy (non-hydrogen) atoms. The van der Waals surface area contributed by atoms with Crippen molar-refractivity contribution in [3.63, 3.8) is 0 Å². The molecule has 8 heteroatoms. The number of nitrogens with one attached hydrogen (secondary N) is 3. The van der Waals surface area contributed by atoms with Gasteiger partial charge in [0.1, 0.15) is 0 Å². The number of carbonyl (C=O) groups is 1. The van der Waals surface area contributed by atoms with Gasteiger partial charge in [0.2, 0.25) is 0 Å². The van der Waals surface area contributed by atoms with Crippen molar-refractivity contribution in [2.45, 2.75) is 12.5 Å². The molecular weight excluding hydrogens is 316 g/mol. The van der Waals surface area contributed by atoms with Crippen molar-refractivity contribution in [3.8, 4) is 0 Å². The van der Waals surface area contributed by atoms with E-state index in [1.54, 1.807) is 19.2 Å². The Bertz CT molecular complexity index is 659. The Morgan fingerprint density at radius 2 is 1.91 bits per heavy atom. The van der Waals surface area contributed by atoms with Gasteiger partial charge in [0.05, 0.1) is 11.5 Å². The maximum atomic E-state index is 11.9. The molecule has 7 nitrogen and oxygen atoms in total. The van der Waals surface area contributed by atoms with E-state index in [-0.39, 0.29) is 23.5 Å². The van der Waals surface area contributed by atoms with Gasteiger partial charge in [-0.1, -0.05) is 18.2 Å². The standard InChI is InChI=1S/C15H22N4O3S/c1-16-15(19-13-7-10-23(21,22)11-13)18-9-8-17-14(20)12-5-3-2-4-6-12/h2-6,13H,7-11H2,1H3,(H,17,20)(H2,16,18,19). The molecule has 1 fully saturated rings. The Morgan fingerprint density at radius 1 is 1.22 bits per heavy atom. The van der Waals surface area contributed by atoms with Crippen LogP contribution < -0.4 is 16.0 Å². The van der Waals surface area contributed by atoms with Gasteiger partial charge in [0, 0.05) is 31.7 Å². The average molecular weight is 338 g/mol. The van der Waals surface area contributed by atoms with Crippen molar-refractivity contribution < 1.29 is 13.2 Å². The fourth-order valence-electron chi connectivity index (χ4n) is 2.35. The van der Waals surface area contributed by atoms with Crippen LogP contribution in [0.3, 0.4) is 0 Å². The van der Waals surface area contributed by atoms with Gasteiger partial charge in [-0.05, 0) is 18.6 Å². The minimum Gasteiger partial charge on any atom is -0.355 e. The van der Waals surface area contributed by atoms with E-state index in [1.165, 1.54) is 0 Å². The summed E-state index contributed by atoms with van der Waals surface area (Å²) in [6, 6.07) is 8.89. The first-order valence-electron chi connectivity index (χ1n) is 7.51. The highest BCUT2D eigenvalue weighted by molar-refractivity contribution is 7.91. The predicted molar refractivity (Wildman–Crippen MR) is 90.3 cm³/mol. The SMILES string of the molecule is CN=C(NCCNC(=O)c1ccccc1)NC1CCS(=O)(=O)C1. The van der Waals surface area contributed by atoms with Crippen molar-refractivity contribution in [2.75, 3.05) is 31.6 Å². The number of aliphatic imine (C=N–C) groups is 1. The molecule has 1 aliphatic rings. The molecule has 126 valence electrons. The predicted octanol–water partition coefficient (Wildman–Crippen LogP) is -0.231. The quantitative estimate of drug-likeness (QED) is 0.391. The lowest BCUT2D eigenvalue weighted by atomic mass is 10.2. The number of hydrogen-bond acceptors (Lipinski definition) is 4. The van der Waals surface area contributed by atoms with Gasteiger partial charge in [0.25, 0.3) is 5.91 Å². The van der Waals surface area contributed by atoms with Gasteiger partial charge in [-0.3, -0.25) is 9.79 Å². The number of hydrogen-bond donors (Lipinski definition) is 3. The third kappa shape index (κ3) is 5.55. The van der Waals surface area contributed by atoms with Crippen LogP contribution in [-0.2, 0) is 9.84 Å². The zero-order chi connectivity index (χ0) is 16.7. The molecule has 1 aliphatic heterocycles. The summed E-state index contributed by atoms with van der Waals surface area (Å²) in [5, 5.41) is 8.95. The zero-order valence-electron chi connectivity index (χ0n) is 13.1. The van der Waals surface area contributed by atoms with Crippen LogP contribution in [-0.4, -0.2) is 58.0 Å². The number of amides is 1. The molecule has 0 aliphatic carbocycles. The molecule has 2 rings (SSSR count). The van der Waals surface area contributed by atoms with Gasteiger partial charge in [-0.15, -0.1) is 0 Å². The molecule has 0 saturated carbocycles. The first-order valence-corrected chi connectivity index (χ1v) is 9.33. The third-order valence-corrected chi connectivity index (χ3v) is 5.30. The van der Waals surface area contributed by atoms with Gasteiger partial charge < -0.3 is 16.0 Å². The van der Waals surface area contributed by atoms with Crippen molar-refractivity contribution in [3.05, 3.63) is 35.9 Å². The number of guanidine groups is 1. The molecule has 1 atom stereocenters. The Balaban J connectivity index is 1.69. The second-order valence-electron chi connectivity index (χ2n) is 5.37. The summed E-state index contributed by atoms with van der Waals surface area (Å²) in [5.41, 5.74) is 0.617. The van der Waals surface area contributed by atoms with Crippen LogP contribution in [0.25, 0.3) is 0 Å². The van der Waals surface area contributed by atoms with E-state index in [2.05, 4.69) is 20.9 Å². The molecule has 1 unspecified atom stereocenters. The molecule has 3 N–H and O–H groups in total. The van der Waals surface area contributed by atoms with Gasteiger partial charge in [0.15, 0.2) is 15.8 Å². The van der Waals surface area contributed by atoms with Crippen LogP contribution in [0, 0.1) is 0 Å². The Labute approximate surface area is 136 Å². The fourth-order valence-corrected chi connectivity index (χ4v) is 4.02. The van der Waals surface area contributed by atoms with Crippen LogP contribution in [0.1, 0.15) is 16.8 Å². The van der Waals surface area contributed by atoms with E-state index in [0.29, 0.717) is 31.0 Å². The lowest BCUT2D eigenvalue weighted by molar-refractivity contribution is 0.0954. The topological polar surface area (TPSA) is 99.7 Å². The van der Waals surface area contributed by atoms with E-state index < -0.39 is 9.84 Å². The normalized spacial score (nSPS) is 20.0. The molecule has 1 heterocycles. The van der Waals surface area contributed by atoms with E-state index in [4.69, 9.17) is 0 Å². The highest BCUT2D eigenvalue weighted by Crippen LogP contribution is 2.10. The van der Waals surface area contributed by atoms with Crippen molar-refractivity contribution >= 4 is 21.7 Å². The fraction of sp³-hybridized carbons (Fsp3) is 0.467. The summed E-state index contributed by atoms with van der Waals surface area (Å²) in [6.07, 6.45) is 0.591. The number of benzene rings is 1. The molecule has 0 spiro atoms. The highest BCUT2D eigenvalue weighted by Gasteiger charge is 2.28. The molecule has 0 aromatic heterocycles. The molecule has 0 radical (unpaired) electrons. The van der Waals surface area contributed by atoms with E-state index in [1.807, 2.05) is 18.2 Å². The van der Waals surface area contributed by atoms with Crippen molar-refractivity contribution in [2.24, 2.45) is 4.99 Å². The van der Waals surface area contributed by atoms with Gasteiger partial charge in [-0.2, -0.15) is 0 Å². The van der Waals surface area contributed by atoms with Crippen molar-refractivity contribution in [1.29, 1.82) is 0 Å². The number of nitrogens with zero attached hydrogens (tertiary/aromatic N) is 1. The molecular formula is C15H22N4O3S. The van der Waals surface area contributed by atoms with Gasteiger partial charge >= 0.3 is 0 Å². The van der Waals surface area contributed by atoms with Crippen molar-refractivity contribution in [1.82, 2.24) is 16.0 Å². The smallest absolute Gasteiger partial charge is 0.251 e. The van der Waals surface area contributed by atoms with Crippen LogP contribution in [0.15, 0.2) is 35.3 Å². The molecule has 1 amide bonds. The zero-order valence-corrected chi connectivity index (χ0v) is 13.9. The highest BCUT2D eigenvalue weighted by atomic mass is 32.2. The maximum absolute atomic E-state index is 11.9. The number of sulfone groups is 1. The Hall–Kier alpha value is -2.09. The summed E-state index contributed by atoms with van der Waals surface area (Å²) in [5.74, 6) is 0.769. The third-order valence-electron chi connectivity index (χ3n) is 3.54. The average Bonchev–Trinajstić information content (AvgIpc) is 2.89. The van der Waals surface area contributed by atoms with Crippen LogP contribution >= 0.6 is 0 Å². The summed E-state index contributed by atoms with van der Waals surface area (Å²) in [7, 11) is -1.29.